The zero-order valence-corrected chi connectivity index (χ0v) is 9.44. The lowest BCUT2D eigenvalue weighted by Gasteiger charge is -2.17. The maximum Gasteiger partial charge on any atom is 0.270 e. The van der Waals surface area contributed by atoms with E-state index in [1.807, 2.05) is 22.9 Å². The number of carbonyl (C=O) groups is 1. The molecule has 2 N–H and O–H groups in total. The maximum atomic E-state index is 11.9. The Morgan fingerprint density at radius 1 is 1.60 bits per heavy atom. The largest absolute Gasteiger partial charge is 0.344 e. The maximum absolute atomic E-state index is 11.9. The number of hydrogen-bond acceptors (Lipinski definition) is 2. The predicted molar refractivity (Wildman–Crippen MR) is 60.7 cm³/mol. The first-order chi connectivity index (χ1) is 7.20. The van der Waals surface area contributed by atoms with E-state index in [0.717, 1.165) is 18.7 Å². The molecule has 1 amide bonds. The highest BCUT2D eigenvalue weighted by Gasteiger charge is 2.14. The van der Waals surface area contributed by atoms with E-state index in [1.165, 1.54) is 0 Å². The van der Waals surface area contributed by atoms with Crippen LogP contribution in [0.5, 0.6) is 0 Å². The lowest BCUT2D eigenvalue weighted by molar-refractivity contribution is 0.0788. The van der Waals surface area contributed by atoms with Crippen LogP contribution in [-0.4, -0.2) is 35.5 Å². The fourth-order valence-electron chi connectivity index (χ4n) is 1.53. The number of aryl methyl sites for hydroxylation is 1. The van der Waals surface area contributed by atoms with Gasteiger partial charge in [0.2, 0.25) is 0 Å². The van der Waals surface area contributed by atoms with Crippen LogP contribution in [0.15, 0.2) is 18.3 Å². The second-order valence-corrected chi connectivity index (χ2v) is 3.60. The smallest absolute Gasteiger partial charge is 0.270 e. The normalized spacial score (nSPS) is 10.3. The van der Waals surface area contributed by atoms with E-state index in [-0.39, 0.29) is 5.91 Å². The standard InChI is InChI=1S/C11H19N3O/c1-3-7-14-8-4-5-10(14)11(15)13(2)9-6-12/h4-5,8H,3,6-7,9,12H2,1-2H3. The first kappa shape index (κ1) is 11.8. The lowest BCUT2D eigenvalue weighted by Crippen LogP contribution is -2.33. The molecule has 15 heavy (non-hydrogen) atoms. The van der Waals surface area contributed by atoms with Crippen molar-refractivity contribution < 1.29 is 4.79 Å². The molecular weight excluding hydrogens is 190 g/mol. The number of aromatic nitrogens is 1. The highest BCUT2D eigenvalue weighted by atomic mass is 16.2. The molecule has 0 unspecified atom stereocenters. The predicted octanol–water partition coefficient (Wildman–Crippen LogP) is 0.929. The molecule has 0 aromatic carbocycles. The summed E-state index contributed by atoms with van der Waals surface area (Å²) in [5.41, 5.74) is 6.16. The lowest BCUT2D eigenvalue weighted by atomic mass is 10.3. The minimum absolute atomic E-state index is 0.0406. The van der Waals surface area contributed by atoms with Gasteiger partial charge in [0.1, 0.15) is 5.69 Å². The number of hydrogen-bond donors (Lipinski definition) is 1. The van der Waals surface area contributed by atoms with Crippen LogP contribution in [-0.2, 0) is 6.54 Å². The average Bonchev–Trinajstić information content (AvgIpc) is 2.66. The molecule has 1 aromatic heterocycles. The number of nitrogens with two attached hydrogens (primary N) is 1. The fraction of sp³-hybridized carbons (Fsp3) is 0.545. The molecule has 0 spiro atoms. The van der Waals surface area contributed by atoms with Gasteiger partial charge in [-0.2, -0.15) is 0 Å². The molecule has 0 fully saturated rings. The second-order valence-electron chi connectivity index (χ2n) is 3.60. The molecule has 4 nitrogen and oxygen atoms in total. The summed E-state index contributed by atoms with van der Waals surface area (Å²) in [5.74, 6) is 0.0406. The molecule has 0 aliphatic rings. The van der Waals surface area contributed by atoms with E-state index in [9.17, 15) is 4.79 Å². The molecule has 0 aliphatic heterocycles. The van der Waals surface area contributed by atoms with Gasteiger partial charge in [-0.25, -0.2) is 0 Å². The van der Waals surface area contributed by atoms with Crippen molar-refractivity contribution in [3.8, 4) is 0 Å². The molecule has 84 valence electrons. The molecule has 1 aromatic rings. The summed E-state index contributed by atoms with van der Waals surface area (Å²) in [6, 6.07) is 3.75. The summed E-state index contributed by atoms with van der Waals surface area (Å²) < 4.78 is 1.98. The second kappa shape index (κ2) is 5.56. The number of rotatable bonds is 5. The summed E-state index contributed by atoms with van der Waals surface area (Å²) in [5, 5.41) is 0. The highest BCUT2D eigenvalue weighted by Crippen LogP contribution is 2.06. The van der Waals surface area contributed by atoms with Gasteiger partial charge in [0.05, 0.1) is 0 Å². The Bertz CT molecular complexity index is 319. The molecule has 0 aliphatic carbocycles. The van der Waals surface area contributed by atoms with Crippen LogP contribution in [0.25, 0.3) is 0 Å². The van der Waals surface area contributed by atoms with Crippen molar-refractivity contribution >= 4 is 5.91 Å². The van der Waals surface area contributed by atoms with E-state index in [1.54, 1.807) is 11.9 Å². The quantitative estimate of drug-likeness (QED) is 0.784. The van der Waals surface area contributed by atoms with Crippen LogP contribution in [0.4, 0.5) is 0 Å². The van der Waals surface area contributed by atoms with Crippen LogP contribution in [0.1, 0.15) is 23.8 Å². The van der Waals surface area contributed by atoms with Gasteiger partial charge in [-0.3, -0.25) is 4.79 Å². The van der Waals surface area contributed by atoms with Gasteiger partial charge in [-0.15, -0.1) is 0 Å². The Hall–Kier alpha value is -1.29. The number of likely N-dealkylation sites (N-methyl/N-ethyl adjacent to an activating group) is 1. The molecule has 0 atom stereocenters. The molecule has 0 radical (unpaired) electrons. The third kappa shape index (κ3) is 2.83. The summed E-state index contributed by atoms with van der Waals surface area (Å²) in [6.45, 7) is 4.06. The Morgan fingerprint density at radius 3 is 2.93 bits per heavy atom. The minimum Gasteiger partial charge on any atom is -0.344 e. The zero-order valence-electron chi connectivity index (χ0n) is 9.44. The number of nitrogens with zero attached hydrogens (tertiary/aromatic N) is 2. The molecule has 0 saturated heterocycles. The van der Waals surface area contributed by atoms with Crippen LogP contribution in [0, 0.1) is 0 Å². The van der Waals surface area contributed by atoms with Crippen LogP contribution >= 0.6 is 0 Å². The van der Waals surface area contributed by atoms with Crippen molar-refractivity contribution in [2.45, 2.75) is 19.9 Å². The van der Waals surface area contributed by atoms with Gasteiger partial charge in [-0.05, 0) is 18.6 Å². The summed E-state index contributed by atoms with van der Waals surface area (Å²) >= 11 is 0. The van der Waals surface area contributed by atoms with Crippen molar-refractivity contribution in [2.75, 3.05) is 20.1 Å². The van der Waals surface area contributed by atoms with E-state index in [0.29, 0.717) is 13.1 Å². The van der Waals surface area contributed by atoms with Crippen LogP contribution in [0.3, 0.4) is 0 Å². The van der Waals surface area contributed by atoms with E-state index >= 15 is 0 Å². The van der Waals surface area contributed by atoms with Crippen LogP contribution in [0.2, 0.25) is 0 Å². The van der Waals surface area contributed by atoms with Gasteiger partial charge in [0, 0.05) is 32.9 Å². The van der Waals surface area contributed by atoms with Crippen molar-refractivity contribution in [1.82, 2.24) is 9.47 Å². The Balaban J connectivity index is 2.76. The van der Waals surface area contributed by atoms with Crippen molar-refractivity contribution in [2.24, 2.45) is 5.73 Å². The first-order valence-electron chi connectivity index (χ1n) is 5.31. The molecule has 4 heteroatoms. The van der Waals surface area contributed by atoms with Gasteiger partial charge < -0.3 is 15.2 Å². The number of amides is 1. The first-order valence-corrected chi connectivity index (χ1v) is 5.31. The van der Waals surface area contributed by atoms with Crippen molar-refractivity contribution in [3.63, 3.8) is 0 Å². The third-order valence-corrected chi connectivity index (χ3v) is 2.32. The van der Waals surface area contributed by atoms with Gasteiger partial charge in [0.25, 0.3) is 5.91 Å². The summed E-state index contributed by atoms with van der Waals surface area (Å²) in [6.07, 6.45) is 2.96. The molecule has 0 bridgehead atoms. The monoisotopic (exact) mass is 209 g/mol. The van der Waals surface area contributed by atoms with Gasteiger partial charge >= 0.3 is 0 Å². The Kier molecular flexibility index (Phi) is 4.37. The third-order valence-electron chi connectivity index (χ3n) is 2.32. The zero-order chi connectivity index (χ0) is 11.3. The summed E-state index contributed by atoms with van der Waals surface area (Å²) in [4.78, 5) is 13.6. The highest BCUT2D eigenvalue weighted by molar-refractivity contribution is 5.92. The van der Waals surface area contributed by atoms with Gasteiger partial charge in [-0.1, -0.05) is 6.92 Å². The molecule has 1 heterocycles. The van der Waals surface area contributed by atoms with E-state index < -0.39 is 0 Å². The van der Waals surface area contributed by atoms with E-state index in [4.69, 9.17) is 5.73 Å². The van der Waals surface area contributed by atoms with Crippen molar-refractivity contribution in [3.05, 3.63) is 24.0 Å². The SMILES string of the molecule is CCCn1cccc1C(=O)N(C)CCN. The Morgan fingerprint density at radius 2 is 2.33 bits per heavy atom. The fourth-order valence-corrected chi connectivity index (χ4v) is 1.53. The minimum atomic E-state index is 0.0406. The van der Waals surface area contributed by atoms with Crippen LogP contribution < -0.4 is 5.73 Å². The summed E-state index contributed by atoms with van der Waals surface area (Å²) in [7, 11) is 1.78. The molecule has 1 rings (SSSR count). The molecular formula is C11H19N3O. The molecule has 0 saturated carbocycles. The average molecular weight is 209 g/mol. The Labute approximate surface area is 90.7 Å². The topological polar surface area (TPSA) is 51.3 Å². The van der Waals surface area contributed by atoms with Gasteiger partial charge in [0.15, 0.2) is 0 Å². The van der Waals surface area contributed by atoms with E-state index in [2.05, 4.69) is 6.92 Å². The van der Waals surface area contributed by atoms with Crippen molar-refractivity contribution in [1.29, 1.82) is 0 Å². The number of carbonyl (C=O) groups excluding carboxylic acids is 1.